The number of aromatic nitrogens is 3. The molecule has 0 saturated carbocycles. The van der Waals surface area contributed by atoms with Crippen LogP contribution in [0, 0.1) is 0 Å². The van der Waals surface area contributed by atoms with Gasteiger partial charge in [0.2, 0.25) is 0 Å². The minimum absolute atomic E-state index is 0.133. The van der Waals surface area contributed by atoms with Crippen LogP contribution in [0.25, 0.3) is 0 Å². The molecule has 0 bridgehead atoms. The Bertz CT molecular complexity index is 501. The lowest BCUT2D eigenvalue weighted by Gasteiger charge is -2.12. The molecular formula is C12H15BrN4O. The van der Waals surface area contributed by atoms with E-state index >= 15 is 0 Å². The lowest BCUT2D eigenvalue weighted by Crippen LogP contribution is -2.19. The molecule has 0 amide bonds. The molecule has 0 aliphatic carbocycles. The molecule has 1 atom stereocenters. The molecule has 1 heterocycles. The Morgan fingerprint density at radius 2 is 2.33 bits per heavy atom. The van der Waals surface area contributed by atoms with Crippen LogP contribution < -0.4 is 10.1 Å². The minimum Gasteiger partial charge on any atom is -0.496 e. The molecule has 1 aromatic heterocycles. The first-order valence-electron chi connectivity index (χ1n) is 5.61. The summed E-state index contributed by atoms with van der Waals surface area (Å²) in [5, 5.41) is 10.1. The fourth-order valence-electron chi connectivity index (χ4n) is 1.61. The molecule has 6 heteroatoms. The number of benzene rings is 1. The molecule has 96 valence electrons. The van der Waals surface area contributed by atoms with E-state index in [2.05, 4.69) is 36.4 Å². The number of H-pyrrole nitrogens is 1. The maximum Gasteiger partial charge on any atom is 0.141 e. The summed E-state index contributed by atoms with van der Waals surface area (Å²) in [5.41, 5.74) is 1.18. The first-order chi connectivity index (χ1) is 8.70. The van der Waals surface area contributed by atoms with Crippen LogP contribution in [0.2, 0.25) is 0 Å². The summed E-state index contributed by atoms with van der Waals surface area (Å²) in [7, 11) is 1.66. The highest BCUT2D eigenvalue weighted by atomic mass is 79.9. The van der Waals surface area contributed by atoms with Gasteiger partial charge >= 0.3 is 0 Å². The number of nitrogens with one attached hydrogen (secondary N) is 2. The van der Waals surface area contributed by atoms with Crippen LogP contribution in [0.5, 0.6) is 5.75 Å². The molecule has 18 heavy (non-hydrogen) atoms. The zero-order valence-corrected chi connectivity index (χ0v) is 11.9. The van der Waals surface area contributed by atoms with Crippen molar-refractivity contribution in [2.75, 3.05) is 7.11 Å². The Balaban J connectivity index is 1.96. The SMILES string of the molecule is COc1ccc(CNC(C)c2ncn[nH]2)cc1Br. The molecule has 2 aromatic rings. The third-order valence-corrected chi connectivity index (χ3v) is 3.29. The van der Waals surface area contributed by atoms with Gasteiger partial charge in [-0.2, -0.15) is 5.10 Å². The van der Waals surface area contributed by atoms with E-state index in [0.717, 1.165) is 22.6 Å². The van der Waals surface area contributed by atoms with Gasteiger partial charge in [0.05, 0.1) is 17.6 Å². The average molecular weight is 311 g/mol. The first-order valence-corrected chi connectivity index (χ1v) is 6.41. The van der Waals surface area contributed by atoms with E-state index in [1.807, 2.05) is 25.1 Å². The molecule has 0 aliphatic heterocycles. The van der Waals surface area contributed by atoms with Gasteiger partial charge in [0, 0.05) is 6.54 Å². The highest BCUT2D eigenvalue weighted by molar-refractivity contribution is 9.10. The average Bonchev–Trinajstić information content (AvgIpc) is 2.90. The van der Waals surface area contributed by atoms with Gasteiger partial charge < -0.3 is 10.1 Å². The van der Waals surface area contributed by atoms with Crippen LogP contribution in [0.4, 0.5) is 0 Å². The Morgan fingerprint density at radius 3 is 2.94 bits per heavy atom. The van der Waals surface area contributed by atoms with Crippen molar-refractivity contribution in [3.05, 3.63) is 40.4 Å². The highest BCUT2D eigenvalue weighted by Crippen LogP contribution is 2.25. The number of halogens is 1. The lowest BCUT2D eigenvalue weighted by atomic mass is 10.2. The van der Waals surface area contributed by atoms with Crippen LogP contribution in [0.1, 0.15) is 24.4 Å². The Hall–Kier alpha value is -1.40. The van der Waals surface area contributed by atoms with E-state index in [0.29, 0.717) is 0 Å². The van der Waals surface area contributed by atoms with Gasteiger partial charge in [-0.05, 0) is 40.5 Å². The largest absolute Gasteiger partial charge is 0.496 e. The topological polar surface area (TPSA) is 62.8 Å². The van der Waals surface area contributed by atoms with Crippen LogP contribution in [0.3, 0.4) is 0 Å². The Morgan fingerprint density at radius 1 is 1.50 bits per heavy atom. The number of hydrogen-bond acceptors (Lipinski definition) is 4. The zero-order chi connectivity index (χ0) is 13.0. The summed E-state index contributed by atoms with van der Waals surface area (Å²) in [6.07, 6.45) is 1.51. The normalized spacial score (nSPS) is 12.4. The monoisotopic (exact) mass is 310 g/mol. The third-order valence-electron chi connectivity index (χ3n) is 2.67. The molecule has 0 aliphatic rings. The fourth-order valence-corrected chi connectivity index (χ4v) is 2.20. The van der Waals surface area contributed by atoms with E-state index in [1.54, 1.807) is 7.11 Å². The smallest absolute Gasteiger partial charge is 0.141 e. The predicted molar refractivity (Wildman–Crippen MR) is 72.3 cm³/mol. The lowest BCUT2D eigenvalue weighted by molar-refractivity contribution is 0.412. The fraction of sp³-hybridized carbons (Fsp3) is 0.333. The van der Waals surface area contributed by atoms with Crippen LogP contribution in [-0.4, -0.2) is 22.3 Å². The highest BCUT2D eigenvalue weighted by Gasteiger charge is 2.08. The van der Waals surface area contributed by atoms with E-state index in [1.165, 1.54) is 11.9 Å². The second-order valence-electron chi connectivity index (χ2n) is 3.94. The molecule has 1 aromatic carbocycles. The molecule has 0 spiro atoms. The van der Waals surface area contributed by atoms with Crippen LogP contribution in [0.15, 0.2) is 29.0 Å². The number of rotatable bonds is 5. The van der Waals surface area contributed by atoms with E-state index in [9.17, 15) is 0 Å². The minimum atomic E-state index is 0.133. The molecule has 5 nitrogen and oxygen atoms in total. The Labute approximate surface area is 114 Å². The number of ether oxygens (including phenoxy) is 1. The summed E-state index contributed by atoms with van der Waals surface area (Å²) in [4.78, 5) is 4.11. The van der Waals surface area contributed by atoms with Gasteiger partial charge in [-0.25, -0.2) is 4.98 Å². The summed E-state index contributed by atoms with van der Waals surface area (Å²) in [5.74, 6) is 1.67. The zero-order valence-electron chi connectivity index (χ0n) is 10.3. The molecule has 1 unspecified atom stereocenters. The quantitative estimate of drug-likeness (QED) is 0.890. The maximum atomic E-state index is 5.19. The van der Waals surface area contributed by atoms with Gasteiger partial charge in [-0.15, -0.1) is 0 Å². The summed E-state index contributed by atoms with van der Waals surface area (Å²) < 4.78 is 6.15. The van der Waals surface area contributed by atoms with Gasteiger partial charge in [-0.3, -0.25) is 5.10 Å². The van der Waals surface area contributed by atoms with E-state index in [4.69, 9.17) is 4.74 Å². The maximum absolute atomic E-state index is 5.19. The number of nitrogens with zero attached hydrogens (tertiary/aromatic N) is 2. The molecular weight excluding hydrogens is 296 g/mol. The molecule has 2 rings (SSSR count). The van der Waals surface area contributed by atoms with Gasteiger partial charge in [0.25, 0.3) is 0 Å². The van der Waals surface area contributed by atoms with Crippen molar-refractivity contribution >= 4 is 15.9 Å². The summed E-state index contributed by atoms with van der Waals surface area (Å²) >= 11 is 3.47. The summed E-state index contributed by atoms with van der Waals surface area (Å²) in [6, 6.07) is 6.15. The molecule has 0 saturated heterocycles. The van der Waals surface area contributed by atoms with Crippen molar-refractivity contribution in [2.24, 2.45) is 0 Å². The third kappa shape index (κ3) is 3.08. The molecule has 0 radical (unpaired) electrons. The van der Waals surface area contributed by atoms with Crippen LogP contribution >= 0.6 is 15.9 Å². The molecule has 2 N–H and O–H groups in total. The Kier molecular flexibility index (Phi) is 4.33. The van der Waals surface area contributed by atoms with Crippen molar-refractivity contribution in [1.29, 1.82) is 0 Å². The van der Waals surface area contributed by atoms with Crippen molar-refractivity contribution in [2.45, 2.75) is 19.5 Å². The van der Waals surface area contributed by atoms with Crippen molar-refractivity contribution in [3.8, 4) is 5.75 Å². The van der Waals surface area contributed by atoms with E-state index in [-0.39, 0.29) is 6.04 Å². The number of hydrogen-bond donors (Lipinski definition) is 2. The van der Waals surface area contributed by atoms with Crippen LogP contribution in [-0.2, 0) is 6.54 Å². The van der Waals surface area contributed by atoms with Gasteiger partial charge in [-0.1, -0.05) is 6.07 Å². The second kappa shape index (κ2) is 5.97. The number of methoxy groups -OCH3 is 1. The standard InChI is InChI=1S/C12H15BrN4O/c1-8(12-15-7-16-17-12)14-6-9-3-4-11(18-2)10(13)5-9/h3-5,7-8,14H,6H2,1-2H3,(H,15,16,17). The first kappa shape index (κ1) is 13.0. The number of aromatic amines is 1. The summed E-state index contributed by atoms with van der Waals surface area (Å²) in [6.45, 7) is 2.80. The van der Waals surface area contributed by atoms with Crippen molar-refractivity contribution in [1.82, 2.24) is 20.5 Å². The van der Waals surface area contributed by atoms with Gasteiger partial charge in [0.15, 0.2) is 0 Å². The van der Waals surface area contributed by atoms with E-state index < -0.39 is 0 Å². The predicted octanol–water partition coefficient (Wildman–Crippen LogP) is 2.43. The molecule has 0 fully saturated rings. The van der Waals surface area contributed by atoms with Gasteiger partial charge in [0.1, 0.15) is 17.9 Å². The van der Waals surface area contributed by atoms with Crippen molar-refractivity contribution in [3.63, 3.8) is 0 Å². The van der Waals surface area contributed by atoms with Crippen molar-refractivity contribution < 1.29 is 4.74 Å². The second-order valence-corrected chi connectivity index (χ2v) is 4.80.